The molecule has 1 heterocycles. The second-order valence-electron chi connectivity index (χ2n) is 6.85. The van der Waals surface area contributed by atoms with Gasteiger partial charge in [-0.05, 0) is 12.8 Å². The minimum Gasteiger partial charge on any atom is -0.435 e. The third-order valence-corrected chi connectivity index (χ3v) is 6.20. The normalized spacial score (nSPS) is 20.0. The van der Waals surface area contributed by atoms with Crippen LogP contribution in [0.5, 0.6) is 5.75 Å². The molecule has 27 heavy (non-hydrogen) atoms. The number of alkyl halides is 2. The monoisotopic (exact) mass is 406 g/mol. The van der Waals surface area contributed by atoms with E-state index in [-0.39, 0.29) is 5.54 Å². The van der Waals surface area contributed by atoms with E-state index in [9.17, 15) is 22.4 Å². The number of amides is 1. The van der Waals surface area contributed by atoms with Crippen LogP contribution in [0.1, 0.15) is 36.0 Å². The number of carbonyl (C=O) groups excluding carboxylic acids is 1. The zero-order valence-electron chi connectivity index (χ0n) is 14.8. The van der Waals surface area contributed by atoms with E-state index < -0.39 is 35.5 Å². The van der Waals surface area contributed by atoms with Crippen molar-refractivity contribution in [2.24, 2.45) is 0 Å². The number of hydrogen-bond acceptors (Lipinski definition) is 4. The molecule has 1 amide bonds. The molecule has 3 rings (SSSR count). The highest BCUT2D eigenvalue weighted by Crippen LogP contribution is 2.36. The average molecular weight is 406 g/mol. The summed E-state index contributed by atoms with van der Waals surface area (Å²) >= 11 is 1.89. The van der Waals surface area contributed by atoms with Gasteiger partial charge in [-0.25, -0.2) is 8.78 Å². The van der Waals surface area contributed by atoms with Crippen molar-refractivity contribution >= 4 is 17.7 Å². The van der Waals surface area contributed by atoms with Gasteiger partial charge in [-0.3, -0.25) is 9.69 Å². The molecule has 1 N–H and O–H groups in total. The number of carbonyl (C=O) groups is 1. The van der Waals surface area contributed by atoms with Gasteiger partial charge in [-0.2, -0.15) is 20.5 Å². The van der Waals surface area contributed by atoms with Crippen molar-refractivity contribution in [1.29, 1.82) is 0 Å². The highest BCUT2D eigenvalue weighted by atomic mass is 32.2. The Morgan fingerprint density at radius 3 is 2.33 bits per heavy atom. The van der Waals surface area contributed by atoms with E-state index in [4.69, 9.17) is 0 Å². The first-order chi connectivity index (χ1) is 12.9. The molecule has 2 aliphatic rings. The molecule has 0 spiro atoms. The molecule has 0 aromatic heterocycles. The second kappa shape index (κ2) is 8.68. The molecular weight excluding hydrogens is 384 g/mol. The summed E-state index contributed by atoms with van der Waals surface area (Å²) in [4.78, 5) is 14.8. The van der Waals surface area contributed by atoms with Gasteiger partial charge in [0.1, 0.15) is 22.9 Å². The zero-order chi connectivity index (χ0) is 19.4. The fourth-order valence-electron chi connectivity index (χ4n) is 3.95. The summed E-state index contributed by atoms with van der Waals surface area (Å²) in [6.45, 7) is -1.02. The van der Waals surface area contributed by atoms with Gasteiger partial charge < -0.3 is 10.1 Å². The quantitative estimate of drug-likeness (QED) is 0.733. The third-order valence-electron chi connectivity index (χ3n) is 5.26. The predicted molar refractivity (Wildman–Crippen MR) is 95.4 cm³/mol. The molecule has 0 bridgehead atoms. The van der Waals surface area contributed by atoms with Crippen molar-refractivity contribution in [3.63, 3.8) is 0 Å². The minimum atomic E-state index is -3.20. The van der Waals surface area contributed by atoms with Gasteiger partial charge >= 0.3 is 6.61 Å². The zero-order valence-corrected chi connectivity index (χ0v) is 15.6. The maximum atomic E-state index is 14.1. The van der Waals surface area contributed by atoms with Crippen molar-refractivity contribution in [2.45, 2.75) is 37.8 Å². The summed E-state index contributed by atoms with van der Waals surface area (Å²) in [7, 11) is 0. The van der Waals surface area contributed by atoms with Crippen LogP contribution in [0.15, 0.2) is 12.1 Å². The summed E-state index contributed by atoms with van der Waals surface area (Å²) in [5.41, 5.74) is -0.957. The lowest BCUT2D eigenvalue weighted by molar-refractivity contribution is -0.0501. The largest absolute Gasteiger partial charge is 0.435 e. The van der Waals surface area contributed by atoms with Crippen molar-refractivity contribution in [1.82, 2.24) is 10.2 Å². The average Bonchev–Trinajstić information content (AvgIpc) is 3.10. The van der Waals surface area contributed by atoms with Crippen LogP contribution >= 0.6 is 11.8 Å². The summed E-state index contributed by atoms with van der Waals surface area (Å²) in [6.07, 6.45) is 3.98. The lowest BCUT2D eigenvalue weighted by atomic mass is 9.94. The molecular formula is C18H22F4N2O2S. The SMILES string of the molecule is O=C(NCC1(N2CCSCC2)CCCC1)c1c(F)cc(OC(F)F)cc1F. The molecule has 0 radical (unpaired) electrons. The molecule has 0 unspecified atom stereocenters. The summed E-state index contributed by atoms with van der Waals surface area (Å²) in [5, 5.41) is 2.66. The van der Waals surface area contributed by atoms with E-state index in [0.717, 1.165) is 50.3 Å². The smallest absolute Gasteiger partial charge is 0.387 e. The van der Waals surface area contributed by atoms with Crippen LogP contribution in [0.3, 0.4) is 0 Å². The first kappa shape index (κ1) is 20.3. The number of thioether (sulfide) groups is 1. The second-order valence-corrected chi connectivity index (χ2v) is 8.08. The van der Waals surface area contributed by atoms with E-state index in [0.29, 0.717) is 18.7 Å². The Morgan fingerprint density at radius 2 is 1.78 bits per heavy atom. The summed E-state index contributed by atoms with van der Waals surface area (Å²) in [6, 6.07) is 1.19. The van der Waals surface area contributed by atoms with E-state index in [1.54, 1.807) is 0 Å². The molecule has 1 saturated carbocycles. The molecule has 1 saturated heterocycles. The molecule has 1 aromatic rings. The lowest BCUT2D eigenvalue weighted by Crippen LogP contribution is -2.56. The first-order valence-corrected chi connectivity index (χ1v) is 10.1. The molecule has 2 fully saturated rings. The van der Waals surface area contributed by atoms with E-state index in [1.165, 1.54) is 0 Å². The topological polar surface area (TPSA) is 41.6 Å². The number of benzene rings is 1. The van der Waals surface area contributed by atoms with Crippen LogP contribution in [-0.4, -0.2) is 54.1 Å². The van der Waals surface area contributed by atoms with Crippen LogP contribution in [0, 0.1) is 11.6 Å². The van der Waals surface area contributed by atoms with Gasteiger partial charge in [0.2, 0.25) is 0 Å². The Balaban J connectivity index is 1.71. The van der Waals surface area contributed by atoms with Crippen molar-refractivity contribution in [2.75, 3.05) is 31.1 Å². The van der Waals surface area contributed by atoms with Gasteiger partial charge in [0.25, 0.3) is 5.91 Å². The fourth-order valence-corrected chi connectivity index (χ4v) is 4.85. The van der Waals surface area contributed by atoms with Crippen LogP contribution in [0.25, 0.3) is 0 Å². The van der Waals surface area contributed by atoms with E-state index in [1.807, 2.05) is 11.8 Å². The maximum absolute atomic E-state index is 14.1. The van der Waals surface area contributed by atoms with Gasteiger partial charge in [0.15, 0.2) is 0 Å². The number of halogens is 4. The van der Waals surface area contributed by atoms with Crippen LogP contribution < -0.4 is 10.1 Å². The number of ether oxygens (including phenoxy) is 1. The first-order valence-electron chi connectivity index (χ1n) is 8.96. The highest BCUT2D eigenvalue weighted by Gasteiger charge is 2.40. The molecule has 0 atom stereocenters. The summed E-state index contributed by atoms with van der Waals surface area (Å²) in [5.74, 6) is -1.92. The van der Waals surface area contributed by atoms with Crippen LogP contribution in [0.2, 0.25) is 0 Å². The molecule has 150 valence electrons. The molecule has 1 aromatic carbocycles. The standard InChI is InChI=1S/C18H22F4N2O2S/c19-13-9-12(26-17(21)22)10-14(20)15(13)16(25)23-11-18(3-1-2-4-18)24-5-7-27-8-6-24/h9-10,17H,1-8,11H2,(H,23,25). The number of nitrogens with one attached hydrogen (secondary N) is 1. The Bertz CT molecular complexity index is 654. The van der Waals surface area contributed by atoms with Gasteiger partial charge in [0.05, 0.1) is 0 Å². The molecule has 4 nitrogen and oxygen atoms in total. The maximum Gasteiger partial charge on any atom is 0.387 e. The van der Waals surface area contributed by atoms with Crippen LogP contribution in [-0.2, 0) is 0 Å². The molecule has 1 aliphatic heterocycles. The van der Waals surface area contributed by atoms with E-state index >= 15 is 0 Å². The van der Waals surface area contributed by atoms with Crippen molar-refractivity contribution < 1.29 is 27.1 Å². The number of nitrogens with zero attached hydrogens (tertiary/aromatic N) is 1. The summed E-state index contributed by atoms with van der Waals surface area (Å²) < 4.78 is 56.6. The highest BCUT2D eigenvalue weighted by molar-refractivity contribution is 7.99. The Morgan fingerprint density at radius 1 is 1.19 bits per heavy atom. The fraction of sp³-hybridized carbons (Fsp3) is 0.611. The third kappa shape index (κ3) is 4.68. The van der Waals surface area contributed by atoms with Gasteiger partial charge in [-0.15, -0.1) is 0 Å². The number of hydrogen-bond donors (Lipinski definition) is 1. The lowest BCUT2D eigenvalue weighted by Gasteiger charge is -2.43. The predicted octanol–water partition coefficient (Wildman–Crippen LogP) is 3.66. The van der Waals surface area contributed by atoms with Crippen LogP contribution in [0.4, 0.5) is 17.6 Å². The molecule has 9 heteroatoms. The van der Waals surface area contributed by atoms with Crippen molar-refractivity contribution in [3.05, 3.63) is 29.3 Å². The Labute approximate surface area is 159 Å². The Hall–Kier alpha value is -1.48. The minimum absolute atomic E-state index is 0.178. The number of rotatable bonds is 6. The van der Waals surface area contributed by atoms with Crippen molar-refractivity contribution in [3.8, 4) is 5.75 Å². The van der Waals surface area contributed by atoms with Gasteiger partial charge in [0, 0.05) is 48.8 Å². The van der Waals surface area contributed by atoms with Gasteiger partial charge in [-0.1, -0.05) is 12.8 Å². The Kier molecular flexibility index (Phi) is 6.52. The van der Waals surface area contributed by atoms with E-state index in [2.05, 4.69) is 15.0 Å². The molecule has 1 aliphatic carbocycles.